The molecule has 1 aromatic heterocycles. The van der Waals surface area contributed by atoms with Crippen LogP contribution >= 0.6 is 0 Å². The first kappa shape index (κ1) is 20.8. The highest BCUT2D eigenvalue weighted by molar-refractivity contribution is 5.93. The zero-order valence-corrected chi connectivity index (χ0v) is 17.8. The summed E-state index contributed by atoms with van der Waals surface area (Å²) in [6.07, 6.45) is 4.35. The lowest BCUT2D eigenvalue weighted by atomic mass is 9.96. The zero-order chi connectivity index (χ0) is 21.6. The molecule has 1 aliphatic heterocycles. The van der Waals surface area contributed by atoms with Crippen molar-refractivity contribution < 1.29 is 4.79 Å². The molecule has 1 saturated heterocycles. The molecular weight excluding hydrogens is 388 g/mol. The number of amides is 1. The van der Waals surface area contributed by atoms with Gasteiger partial charge in [-0.3, -0.25) is 9.59 Å². The Kier molecular flexibility index (Phi) is 6.46. The normalized spacial score (nSPS) is 16.2. The number of carbonyl (C=O) groups is 1. The van der Waals surface area contributed by atoms with Crippen molar-refractivity contribution in [3.63, 3.8) is 0 Å². The molecule has 0 saturated carbocycles. The molecule has 6 nitrogen and oxygen atoms in total. The summed E-state index contributed by atoms with van der Waals surface area (Å²) in [6, 6.07) is 19.4. The number of aromatic nitrogens is 2. The maximum atomic E-state index is 12.9. The summed E-state index contributed by atoms with van der Waals surface area (Å²) < 4.78 is 1.47. The van der Waals surface area contributed by atoms with Crippen LogP contribution in [0.25, 0.3) is 0 Å². The van der Waals surface area contributed by atoms with E-state index in [1.165, 1.54) is 4.68 Å². The average molecular weight is 417 g/mol. The highest BCUT2D eigenvalue weighted by atomic mass is 16.2. The van der Waals surface area contributed by atoms with E-state index in [4.69, 9.17) is 0 Å². The van der Waals surface area contributed by atoms with Gasteiger partial charge in [-0.25, -0.2) is 4.68 Å². The monoisotopic (exact) mass is 416 g/mol. The molecule has 1 N–H and O–H groups in total. The van der Waals surface area contributed by atoms with Gasteiger partial charge in [0.15, 0.2) is 0 Å². The summed E-state index contributed by atoms with van der Waals surface area (Å²) >= 11 is 0. The Hall–Kier alpha value is -3.41. The number of hydrogen-bond donors (Lipinski definition) is 1. The van der Waals surface area contributed by atoms with E-state index in [1.807, 2.05) is 54.6 Å². The van der Waals surface area contributed by atoms with E-state index >= 15 is 0 Å². The van der Waals surface area contributed by atoms with Gasteiger partial charge in [0.1, 0.15) is 0 Å². The molecule has 1 fully saturated rings. The lowest BCUT2D eigenvalue weighted by molar-refractivity contribution is -0.120. The minimum atomic E-state index is -0.134. The van der Waals surface area contributed by atoms with Crippen LogP contribution in [0.3, 0.4) is 0 Å². The lowest BCUT2D eigenvalue weighted by Crippen LogP contribution is -2.41. The molecule has 0 spiro atoms. The van der Waals surface area contributed by atoms with Crippen molar-refractivity contribution in [1.29, 1.82) is 0 Å². The van der Waals surface area contributed by atoms with E-state index in [9.17, 15) is 9.59 Å². The van der Waals surface area contributed by atoms with E-state index in [0.717, 1.165) is 48.3 Å². The quantitative estimate of drug-likeness (QED) is 0.665. The fourth-order valence-electron chi connectivity index (χ4n) is 4.08. The maximum Gasteiger partial charge on any atom is 0.269 e. The molecule has 6 heteroatoms. The number of aryl methyl sites for hydroxylation is 1. The Labute approximate surface area is 182 Å². The highest BCUT2D eigenvalue weighted by Gasteiger charge is 2.27. The van der Waals surface area contributed by atoms with Crippen LogP contribution < -0.4 is 15.8 Å². The van der Waals surface area contributed by atoms with Crippen LogP contribution in [0.4, 0.5) is 11.4 Å². The standard InChI is InChI=1S/C25H28N4O2/c1-2-20-11-6-7-13-23(20)27-25(31)21-12-8-14-28(18-21)22-15-24(30)29(26-16-22)17-19-9-4-3-5-10-19/h3-7,9-11,13,15-16,21H,2,8,12,14,17-18H2,1H3,(H,27,31)/t21-/m0/s1. The number of hydrogen-bond acceptors (Lipinski definition) is 4. The van der Waals surface area contributed by atoms with Crippen LogP contribution in [0.2, 0.25) is 0 Å². The largest absolute Gasteiger partial charge is 0.369 e. The third-order valence-electron chi connectivity index (χ3n) is 5.84. The molecule has 0 aliphatic carbocycles. The van der Waals surface area contributed by atoms with Crippen molar-refractivity contribution in [2.45, 2.75) is 32.7 Å². The van der Waals surface area contributed by atoms with Gasteiger partial charge >= 0.3 is 0 Å². The van der Waals surface area contributed by atoms with Gasteiger partial charge in [-0.05, 0) is 36.5 Å². The Morgan fingerprint density at radius 3 is 2.68 bits per heavy atom. The molecule has 4 rings (SSSR count). The van der Waals surface area contributed by atoms with Crippen LogP contribution in [-0.2, 0) is 17.8 Å². The SMILES string of the molecule is CCc1ccccc1NC(=O)[C@H]1CCCN(c2cnn(Cc3ccccc3)c(=O)c2)C1. The topological polar surface area (TPSA) is 67.2 Å². The van der Waals surface area contributed by atoms with Gasteiger partial charge in [-0.2, -0.15) is 5.10 Å². The molecule has 1 atom stereocenters. The van der Waals surface area contributed by atoms with Crippen molar-refractivity contribution in [3.8, 4) is 0 Å². The summed E-state index contributed by atoms with van der Waals surface area (Å²) in [5.74, 6) is -0.0820. The van der Waals surface area contributed by atoms with Crippen LogP contribution in [0.5, 0.6) is 0 Å². The van der Waals surface area contributed by atoms with E-state index in [-0.39, 0.29) is 17.4 Å². The Morgan fingerprint density at radius 1 is 1.13 bits per heavy atom. The molecule has 0 unspecified atom stereocenters. The molecule has 1 aliphatic rings. The maximum absolute atomic E-state index is 12.9. The fraction of sp³-hybridized carbons (Fsp3) is 0.320. The van der Waals surface area contributed by atoms with Gasteiger partial charge in [0.2, 0.25) is 5.91 Å². The van der Waals surface area contributed by atoms with E-state index < -0.39 is 0 Å². The van der Waals surface area contributed by atoms with E-state index in [0.29, 0.717) is 13.1 Å². The second-order valence-electron chi connectivity index (χ2n) is 7.98. The summed E-state index contributed by atoms with van der Waals surface area (Å²) in [5.41, 5.74) is 3.70. The van der Waals surface area contributed by atoms with Crippen LogP contribution in [-0.4, -0.2) is 28.8 Å². The number of rotatable bonds is 6. The van der Waals surface area contributed by atoms with Crippen LogP contribution in [0.15, 0.2) is 71.7 Å². The second-order valence-corrected chi connectivity index (χ2v) is 7.98. The predicted octanol–water partition coefficient (Wildman–Crippen LogP) is 3.71. The highest BCUT2D eigenvalue weighted by Crippen LogP contribution is 2.24. The van der Waals surface area contributed by atoms with E-state index in [1.54, 1.807) is 12.3 Å². The molecular formula is C25H28N4O2. The Bertz CT molecular complexity index is 1090. The first-order valence-electron chi connectivity index (χ1n) is 10.9. The molecule has 3 aromatic rings. The van der Waals surface area contributed by atoms with E-state index in [2.05, 4.69) is 22.2 Å². The smallest absolute Gasteiger partial charge is 0.269 e. The van der Waals surface area contributed by atoms with Gasteiger partial charge in [0, 0.05) is 24.8 Å². The molecule has 0 radical (unpaired) electrons. The van der Waals surface area contributed by atoms with Crippen molar-refractivity contribution in [2.24, 2.45) is 5.92 Å². The molecule has 31 heavy (non-hydrogen) atoms. The summed E-state index contributed by atoms with van der Waals surface area (Å²) in [4.78, 5) is 27.6. The lowest BCUT2D eigenvalue weighted by Gasteiger charge is -2.33. The number of para-hydroxylation sites is 1. The summed E-state index contributed by atoms with van der Waals surface area (Å²) in [5, 5.41) is 7.47. The minimum Gasteiger partial charge on any atom is -0.369 e. The number of nitrogens with one attached hydrogen (secondary N) is 1. The van der Waals surface area contributed by atoms with Crippen molar-refractivity contribution in [1.82, 2.24) is 9.78 Å². The number of carbonyl (C=O) groups excluding carboxylic acids is 1. The molecule has 0 bridgehead atoms. The van der Waals surface area contributed by atoms with Crippen molar-refractivity contribution in [2.75, 3.05) is 23.3 Å². The minimum absolute atomic E-state index is 0.0379. The van der Waals surface area contributed by atoms with Crippen molar-refractivity contribution in [3.05, 3.63) is 88.3 Å². The summed E-state index contributed by atoms with van der Waals surface area (Å²) in [6.45, 7) is 3.94. The molecule has 2 aromatic carbocycles. The zero-order valence-electron chi connectivity index (χ0n) is 17.8. The van der Waals surface area contributed by atoms with Gasteiger partial charge in [-0.15, -0.1) is 0 Å². The number of anilines is 2. The fourth-order valence-corrected chi connectivity index (χ4v) is 4.08. The third kappa shape index (κ3) is 5.02. The molecule has 1 amide bonds. The average Bonchev–Trinajstić information content (AvgIpc) is 2.81. The summed E-state index contributed by atoms with van der Waals surface area (Å²) in [7, 11) is 0. The number of nitrogens with zero attached hydrogens (tertiary/aromatic N) is 3. The van der Waals surface area contributed by atoms with Crippen molar-refractivity contribution >= 4 is 17.3 Å². The van der Waals surface area contributed by atoms with Crippen LogP contribution in [0.1, 0.15) is 30.9 Å². The van der Waals surface area contributed by atoms with Crippen LogP contribution in [0, 0.1) is 5.92 Å². The molecule has 160 valence electrons. The number of benzene rings is 2. The Morgan fingerprint density at radius 2 is 1.90 bits per heavy atom. The van der Waals surface area contributed by atoms with Gasteiger partial charge in [0.05, 0.1) is 24.3 Å². The number of piperidine rings is 1. The molecule has 2 heterocycles. The first-order chi connectivity index (χ1) is 15.1. The first-order valence-corrected chi connectivity index (χ1v) is 10.9. The van der Waals surface area contributed by atoms with Gasteiger partial charge < -0.3 is 10.2 Å². The Balaban J connectivity index is 1.44. The second kappa shape index (κ2) is 9.60. The predicted molar refractivity (Wildman–Crippen MR) is 123 cm³/mol. The van der Waals surface area contributed by atoms with Gasteiger partial charge in [-0.1, -0.05) is 55.5 Å². The van der Waals surface area contributed by atoms with Gasteiger partial charge in [0.25, 0.3) is 5.56 Å². The third-order valence-corrected chi connectivity index (χ3v) is 5.84.